The maximum atomic E-state index is 13.0. The van der Waals surface area contributed by atoms with Crippen LogP contribution in [-0.4, -0.2) is 0 Å². The Morgan fingerprint density at radius 2 is 1.62 bits per heavy atom. The fourth-order valence-corrected chi connectivity index (χ4v) is 2.91. The van der Waals surface area contributed by atoms with Crippen molar-refractivity contribution in [2.24, 2.45) is 0 Å². The predicted octanol–water partition coefficient (Wildman–Crippen LogP) is 6.63. The first kappa shape index (κ1) is 18.6. The van der Waals surface area contributed by atoms with Gasteiger partial charge in [-0.15, -0.1) is 0 Å². The standard InChI is InChI=1S/C21H18Cl2FNO/c1-14-2-5-18(23)11-20(14)25-12-16-10-17(22)6-9-21(16)26-13-15-3-7-19(24)8-4-15/h2-11,25H,12-13H2,1H3. The smallest absolute Gasteiger partial charge is 0.124 e. The molecule has 0 atom stereocenters. The lowest BCUT2D eigenvalue weighted by atomic mass is 10.1. The molecule has 0 fully saturated rings. The lowest BCUT2D eigenvalue weighted by molar-refractivity contribution is 0.303. The number of aryl methyl sites for hydroxylation is 1. The predicted molar refractivity (Wildman–Crippen MR) is 106 cm³/mol. The van der Waals surface area contributed by atoms with E-state index in [-0.39, 0.29) is 5.82 Å². The van der Waals surface area contributed by atoms with Gasteiger partial charge in [0, 0.05) is 27.8 Å². The SMILES string of the molecule is Cc1ccc(Cl)cc1NCc1cc(Cl)ccc1OCc1ccc(F)cc1. The van der Waals surface area contributed by atoms with E-state index in [9.17, 15) is 4.39 Å². The molecular weight excluding hydrogens is 372 g/mol. The molecule has 2 nitrogen and oxygen atoms in total. The van der Waals surface area contributed by atoms with Gasteiger partial charge in [0.2, 0.25) is 0 Å². The van der Waals surface area contributed by atoms with Gasteiger partial charge in [-0.05, 0) is 60.5 Å². The third-order valence-corrected chi connectivity index (χ3v) is 4.47. The molecule has 0 radical (unpaired) electrons. The van der Waals surface area contributed by atoms with Crippen LogP contribution >= 0.6 is 23.2 Å². The van der Waals surface area contributed by atoms with Crippen LogP contribution in [0.4, 0.5) is 10.1 Å². The van der Waals surface area contributed by atoms with Crippen LogP contribution in [0.5, 0.6) is 5.75 Å². The van der Waals surface area contributed by atoms with Crippen LogP contribution in [0, 0.1) is 12.7 Å². The highest BCUT2D eigenvalue weighted by atomic mass is 35.5. The summed E-state index contributed by atoms with van der Waals surface area (Å²) >= 11 is 12.2. The van der Waals surface area contributed by atoms with Crippen LogP contribution < -0.4 is 10.1 Å². The van der Waals surface area contributed by atoms with E-state index in [2.05, 4.69) is 5.32 Å². The van der Waals surface area contributed by atoms with Crippen molar-refractivity contribution in [2.75, 3.05) is 5.32 Å². The van der Waals surface area contributed by atoms with Crippen LogP contribution in [0.1, 0.15) is 16.7 Å². The number of rotatable bonds is 6. The molecule has 0 saturated carbocycles. The summed E-state index contributed by atoms with van der Waals surface area (Å²) in [4.78, 5) is 0. The van der Waals surface area contributed by atoms with Crippen molar-refractivity contribution in [1.82, 2.24) is 0 Å². The fraction of sp³-hybridized carbons (Fsp3) is 0.143. The minimum atomic E-state index is -0.262. The molecule has 0 aliphatic rings. The van der Waals surface area contributed by atoms with Crippen molar-refractivity contribution in [2.45, 2.75) is 20.1 Å². The molecule has 0 heterocycles. The molecule has 0 aliphatic carbocycles. The van der Waals surface area contributed by atoms with E-state index in [1.54, 1.807) is 18.2 Å². The van der Waals surface area contributed by atoms with Gasteiger partial charge in [-0.25, -0.2) is 4.39 Å². The van der Waals surface area contributed by atoms with Gasteiger partial charge in [-0.3, -0.25) is 0 Å². The third-order valence-electron chi connectivity index (χ3n) is 4.00. The molecule has 0 amide bonds. The van der Waals surface area contributed by atoms with Crippen molar-refractivity contribution in [3.63, 3.8) is 0 Å². The molecule has 0 spiro atoms. The first-order valence-corrected chi connectivity index (χ1v) is 8.92. The molecule has 26 heavy (non-hydrogen) atoms. The summed E-state index contributed by atoms with van der Waals surface area (Å²) in [6, 6.07) is 17.5. The van der Waals surface area contributed by atoms with Gasteiger partial charge in [-0.1, -0.05) is 41.4 Å². The minimum Gasteiger partial charge on any atom is -0.489 e. The van der Waals surface area contributed by atoms with E-state index in [1.165, 1.54) is 12.1 Å². The van der Waals surface area contributed by atoms with Crippen LogP contribution in [0.3, 0.4) is 0 Å². The zero-order valence-corrected chi connectivity index (χ0v) is 15.7. The number of halogens is 3. The number of hydrogen-bond acceptors (Lipinski definition) is 2. The van der Waals surface area contributed by atoms with E-state index in [0.717, 1.165) is 28.1 Å². The third kappa shape index (κ3) is 4.90. The van der Waals surface area contributed by atoms with Crippen molar-refractivity contribution in [3.8, 4) is 5.75 Å². The van der Waals surface area contributed by atoms with Crippen molar-refractivity contribution in [3.05, 3.63) is 93.2 Å². The van der Waals surface area contributed by atoms with Crippen molar-refractivity contribution >= 4 is 28.9 Å². The maximum Gasteiger partial charge on any atom is 0.124 e. The Kier molecular flexibility index (Phi) is 6.02. The zero-order chi connectivity index (χ0) is 18.5. The average Bonchev–Trinajstić information content (AvgIpc) is 2.63. The van der Waals surface area contributed by atoms with E-state index >= 15 is 0 Å². The molecule has 134 valence electrons. The van der Waals surface area contributed by atoms with E-state index < -0.39 is 0 Å². The molecule has 0 aliphatic heterocycles. The number of nitrogens with one attached hydrogen (secondary N) is 1. The highest BCUT2D eigenvalue weighted by Crippen LogP contribution is 2.26. The molecule has 1 N–H and O–H groups in total. The summed E-state index contributed by atoms with van der Waals surface area (Å²) in [6.07, 6.45) is 0. The topological polar surface area (TPSA) is 21.3 Å². The zero-order valence-electron chi connectivity index (χ0n) is 14.2. The summed E-state index contributed by atoms with van der Waals surface area (Å²) in [5, 5.41) is 4.69. The largest absolute Gasteiger partial charge is 0.489 e. The highest BCUT2D eigenvalue weighted by Gasteiger charge is 2.07. The molecule has 3 rings (SSSR count). The van der Waals surface area contributed by atoms with Gasteiger partial charge in [-0.2, -0.15) is 0 Å². The van der Waals surface area contributed by atoms with E-state index in [1.807, 2.05) is 37.3 Å². The molecular formula is C21H18Cl2FNO. The minimum absolute atomic E-state index is 0.262. The van der Waals surface area contributed by atoms with Gasteiger partial charge >= 0.3 is 0 Å². The van der Waals surface area contributed by atoms with Crippen molar-refractivity contribution in [1.29, 1.82) is 0 Å². The summed E-state index contributed by atoms with van der Waals surface area (Å²) < 4.78 is 18.9. The monoisotopic (exact) mass is 389 g/mol. The number of anilines is 1. The summed E-state index contributed by atoms with van der Waals surface area (Å²) in [5.41, 5.74) is 3.89. The van der Waals surface area contributed by atoms with Crippen LogP contribution in [0.15, 0.2) is 60.7 Å². The second-order valence-corrected chi connectivity index (χ2v) is 6.85. The number of benzene rings is 3. The first-order valence-electron chi connectivity index (χ1n) is 8.17. The molecule has 0 aromatic heterocycles. The Balaban J connectivity index is 1.73. The Labute approximate surface area is 162 Å². The Bertz CT molecular complexity index is 897. The molecule has 3 aromatic carbocycles. The van der Waals surface area contributed by atoms with Crippen LogP contribution in [-0.2, 0) is 13.2 Å². The second kappa shape index (κ2) is 8.43. The van der Waals surface area contributed by atoms with Crippen molar-refractivity contribution < 1.29 is 9.13 Å². The molecule has 0 unspecified atom stereocenters. The number of ether oxygens (including phenoxy) is 1. The highest BCUT2D eigenvalue weighted by molar-refractivity contribution is 6.31. The average molecular weight is 390 g/mol. The second-order valence-electron chi connectivity index (χ2n) is 5.98. The first-order chi connectivity index (χ1) is 12.5. The lowest BCUT2D eigenvalue weighted by Crippen LogP contribution is -2.05. The molecule has 5 heteroatoms. The number of hydrogen-bond donors (Lipinski definition) is 1. The normalized spacial score (nSPS) is 10.6. The van der Waals surface area contributed by atoms with Gasteiger partial charge in [0.25, 0.3) is 0 Å². The van der Waals surface area contributed by atoms with Gasteiger partial charge in [0.15, 0.2) is 0 Å². The Hall–Kier alpha value is -2.23. The summed E-state index contributed by atoms with van der Waals surface area (Å²) in [7, 11) is 0. The quantitative estimate of drug-likeness (QED) is 0.510. The van der Waals surface area contributed by atoms with Crippen LogP contribution in [0.25, 0.3) is 0 Å². The van der Waals surface area contributed by atoms with E-state index in [0.29, 0.717) is 23.2 Å². The Morgan fingerprint density at radius 1 is 0.923 bits per heavy atom. The summed E-state index contributed by atoms with van der Waals surface area (Å²) in [6.45, 7) is 2.91. The molecule has 3 aromatic rings. The van der Waals surface area contributed by atoms with Crippen LogP contribution in [0.2, 0.25) is 10.0 Å². The summed E-state index contributed by atoms with van der Waals surface area (Å²) in [5.74, 6) is 0.466. The van der Waals surface area contributed by atoms with Gasteiger partial charge in [0.1, 0.15) is 18.2 Å². The molecule has 0 bridgehead atoms. The van der Waals surface area contributed by atoms with Gasteiger partial charge < -0.3 is 10.1 Å². The lowest BCUT2D eigenvalue weighted by Gasteiger charge is -2.15. The van der Waals surface area contributed by atoms with E-state index in [4.69, 9.17) is 27.9 Å². The van der Waals surface area contributed by atoms with Gasteiger partial charge in [0.05, 0.1) is 0 Å². The molecule has 0 saturated heterocycles. The Morgan fingerprint density at radius 3 is 2.38 bits per heavy atom. The fourth-order valence-electron chi connectivity index (χ4n) is 2.54. The maximum absolute atomic E-state index is 13.0.